The smallest absolute Gasteiger partial charge is 0.339 e. The third-order valence-corrected chi connectivity index (χ3v) is 5.70. The Hall–Kier alpha value is -3.80. The summed E-state index contributed by atoms with van der Waals surface area (Å²) in [7, 11) is 1.57. The maximum atomic E-state index is 13.3. The topological polar surface area (TPSA) is 81.9 Å². The summed E-state index contributed by atoms with van der Waals surface area (Å²) in [6.45, 7) is 7.85. The molecule has 3 aromatic carbocycles. The molecule has 0 aromatic heterocycles. The van der Waals surface area contributed by atoms with Gasteiger partial charge in [0.2, 0.25) is 5.91 Å². The molecule has 0 fully saturated rings. The lowest BCUT2D eigenvalue weighted by Gasteiger charge is -2.26. The Morgan fingerprint density at radius 1 is 0.972 bits per heavy atom. The van der Waals surface area contributed by atoms with Crippen LogP contribution >= 0.6 is 0 Å². The first kappa shape index (κ1) is 26.8. The Balaban J connectivity index is 2.04. The van der Waals surface area contributed by atoms with E-state index in [0.29, 0.717) is 29.1 Å². The largest absolute Gasteiger partial charge is 0.497 e. The Morgan fingerprint density at radius 3 is 2.31 bits per heavy atom. The number of unbranched alkanes of at least 4 members (excludes halogenated alkanes) is 1. The van der Waals surface area contributed by atoms with Crippen LogP contribution in [0.1, 0.15) is 62.9 Å². The van der Waals surface area contributed by atoms with E-state index in [-0.39, 0.29) is 12.5 Å². The van der Waals surface area contributed by atoms with Crippen molar-refractivity contribution in [2.75, 3.05) is 17.7 Å². The van der Waals surface area contributed by atoms with Crippen molar-refractivity contribution in [3.05, 3.63) is 77.9 Å². The number of nitrogens with two attached hydrogens (primary N) is 1. The first-order chi connectivity index (χ1) is 17.1. The molecule has 0 unspecified atom stereocenters. The second-order valence-corrected chi connectivity index (χ2v) is 9.76. The van der Waals surface area contributed by atoms with Crippen molar-refractivity contribution in [3.63, 3.8) is 0 Å². The molecule has 36 heavy (non-hydrogen) atoms. The van der Waals surface area contributed by atoms with Gasteiger partial charge in [0.05, 0.1) is 30.6 Å². The number of hydrogen-bond acceptors (Lipinski definition) is 5. The van der Waals surface area contributed by atoms with E-state index in [9.17, 15) is 9.59 Å². The van der Waals surface area contributed by atoms with E-state index in [1.807, 2.05) is 69.3 Å². The van der Waals surface area contributed by atoms with Gasteiger partial charge in [-0.25, -0.2) is 4.79 Å². The number of anilines is 2. The molecule has 0 aliphatic heterocycles. The van der Waals surface area contributed by atoms with Crippen molar-refractivity contribution in [1.29, 1.82) is 0 Å². The molecule has 0 saturated carbocycles. The second kappa shape index (κ2) is 11.8. The van der Waals surface area contributed by atoms with Crippen LogP contribution in [0, 0.1) is 0 Å². The SMILES string of the molecule is CCCCC(=O)N(Cc1ccc(-c2ccccc2)c(C(=O)OC(C)(C)C)c1)c1ccc(OC)cc1N. The van der Waals surface area contributed by atoms with Gasteiger partial charge in [0.25, 0.3) is 0 Å². The highest BCUT2D eigenvalue weighted by Crippen LogP contribution is 2.32. The lowest BCUT2D eigenvalue weighted by molar-refractivity contribution is -0.118. The number of rotatable bonds is 9. The Kier molecular flexibility index (Phi) is 8.75. The number of hydrogen-bond donors (Lipinski definition) is 1. The minimum atomic E-state index is -0.638. The van der Waals surface area contributed by atoms with Crippen molar-refractivity contribution < 1.29 is 19.1 Å². The van der Waals surface area contributed by atoms with Crippen molar-refractivity contribution in [2.24, 2.45) is 0 Å². The summed E-state index contributed by atoms with van der Waals surface area (Å²) >= 11 is 0. The van der Waals surface area contributed by atoms with E-state index in [1.54, 1.807) is 30.2 Å². The van der Waals surface area contributed by atoms with Crippen LogP contribution in [-0.2, 0) is 16.1 Å². The lowest BCUT2D eigenvalue weighted by Crippen LogP contribution is -2.31. The minimum Gasteiger partial charge on any atom is -0.497 e. The summed E-state index contributed by atoms with van der Waals surface area (Å²) in [4.78, 5) is 28.2. The molecule has 3 rings (SSSR count). The van der Waals surface area contributed by atoms with Gasteiger partial charge in [-0.1, -0.05) is 55.8 Å². The molecule has 6 heteroatoms. The maximum absolute atomic E-state index is 13.3. The summed E-state index contributed by atoms with van der Waals surface area (Å²) < 4.78 is 11.0. The Bertz CT molecular complexity index is 1200. The van der Waals surface area contributed by atoms with Crippen LogP contribution in [0.3, 0.4) is 0 Å². The van der Waals surface area contributed by atoms with E-state index >= 15 is 0 Å². The van der Waals surface area contributed by atoms with Crippen molar-refractivity contribution in [1.82, 2.24) is 0 Å². The van der Waals surface area contributed by atoms with Crippen molar-refractivity contribution in [2.45, 2.75) is 59.1 Å². The van der Waals surface area contributed by atoms with Gasteiger partial charge in [-0.2, -0.15) is 0 Å². The van der Waals surface area contributed by atoms with Gasteiger partial charge < -0.3 is 20.1 Å². The zero-order valence-corrected chi connectivity index (χ0v) is 21.8. The summed E-state index contributed by atoms with van der Waals surface area (Å²) in [5, 5.41) is 0. The molecule has 6 nitrogen and oxygen atoms in total. The lowest BCUT2D eigenvalue weighted by atomic mass is 9.97. The number of amides is 1. The zero-order chi connectivity index (χ0) is 26.3. The second-order valence-electron chi connectivity index (χ2n) is 9.76. The van der Waals surface area contributed by atoms with Crippen LogP contribution in [0.2, 0.25) is 0 Å². The van der Waals surface area contributed by atoms with E-state index in [1.165, 1.54) is 0 Å². The highest BCUT2D eigenvalue weighted by atomic mass is 16.6. The molecule has 2 N–H and O–H groups in total. The number of carbonyl (C=O) groups is 2. The summed E-state index contributed by atoms with van der Waals surface area (Å²) in [5.41, 5.74) is 9.70. The van der Waals surface area contributed by atoms with Gasteiger partial charge in [0.1, 0.15) is 11.4 Å². The molecule has 1 amide bonds. The number of nitrogens with zero attached hydrogens (tertiary/aromatic N) is 1. The molecule has 0 aliphatic carbocycles. The average molecular weight is 489 g/mol. The number of esters is 1. The zero-order valence-electron chi connectivity index (χ0n) is 21.8. The number of carbonyl (C=O) groups excluding carboxylic acids is 2. The first-order valence-electron chi connectivity index (χ1n) is 12.3. The van der Waals surface area contributed by atoms with Crippen molar-refractivity contribution in [3.8, 4) is 16.9 Å². The predicted octanol–water partition coefficient (Wildman–Crippen LogP) is 6.62. The molecule has 0 atom stereocenters. The minimum absolute atomic E-state index is 0.0281. The number of ether oxygens (including phenoxy) is 2. The van der Waals surface area contributed by atoms with Crippen LogP contribution < -0.4 is 15.4 Å². The van der Waals surface area contributed by atoms with Crippen LogP contribution in [0.5, 0.6) is 5.75 Å². The summed E-state index contributed by atoms with van der Waals surface area (Å²) in [6, 6.07) is 20.7. The van der Waals surface area contributed by atoms with Gasteiger partial charge in [-0.15, -0.1) is 0 Å². The first-order valence-corrected chi connectivity index (χ1v) is 12.3. The van der Waals surface area contributed by atoms with Crippen LogP contribution in [0.4, 0.5) is 11.4 Å². The summed E-state index contributed by atoms with van der Waals surface area (Å²) in [6.07, 6.45) is 2.09. The third-order valence-electron chi connectivity index (χ3n) is 5.70. The van der Waals surface area contributed by atoms with Gasteiger partial charge in [0.15, 0.2) is 0 Å². The molecule has 3 aromatic rings. The van der Waals surface area contributed by atoms with Crippen molar-refractivity contribution >= 4 is 23.3 Å². The molecule has 0 radical (unpaired) electrons. The van der Waals surface area contributed by atoms with Crippen LogP contribution in [0.25, 0.3) is 11.1 Å². The predicted molar refractivity (Wildman–Crippen MR) is 145 cm³/mol. The molecule has 190 valence electrons. The number of methoxy groups -OCH3 is 1. The number of benzene rings is 3. The van der Waals surface area contributed by atoms with E-state index in [2.05, 4.69) is 6.92 Å². The Morgan fingerprint density at radius 2 is 1.69 bits per heavy atom. The van der Waals surface area contributed by atoms with E-state index < -0.39 is 11.6 Å². The molecule has 0 spiro atoms. The average Bonchev–Trinajstić information content (AvgIpc) is 2.85. The van der Waals surface area contributed by atoms with Crippen LogP contribution in [-0.4, -0.2) is 24.6 Å². The highest BCUT2D eigenvalue weighted by Gasteiger charge is 2.23. The Labute approximate surface area is 214 Å². The normalized spacial score (nSPS) is 11.1. The molecule has 0 aliphatic rings. The summed E-state index contributed by atoms with van der Waals surface area (Å²) in [5.74, 6) is 0.187. The van der Waals surface area contributed by atoms with Crippen LogP contribution in [0.15, 0.2) is 66.7 Å². The molecule has 0 heterocycles. The molecule has 0 bridgehead atoms. The van der Waals surface area contributed by atoms with Gasteiger partial charge in [0, 0.05) is 12.5 Å². The van der Waals surface area contributed by atoms with E-state index in [0.717, 1.165) is 29.5 Å². The maximum Gasteiger partial charge on any atom is 0.339 e. The van der Waals surface area contributed by atoms with Gasteiger partial charge in [-0.05, 0) is 62.1 Å². The van der Waals surface area contributed by atoms with E-state index in [4.69, 9.17) is 15.2 Å². The molecular formula is C30H36N2O4. The fourth-order valence-corrected chi connectivity index (χ4v) is 3.92. The van der Waals surface area contributed by atoms with Gasteiger partial charge >= 0.3 is 5.97 Å². The third kappa shape index (κ3) is 6.87. The number of nitrogen functional groups attached to an aromatic ring is 1. The standard InChI is InChI=1S/C30H36N2O4/c1-6-7-13-28(33)32(27-17-15-23(35-5)19-26(27)31)20-21-14-16-24(22-11-9-8-10-12-22)25(18-21)29(34)36-30(2,3)4/h8-12,14-19H,6-7,13,20,31H2,1-5H3. The fourth-order valence-electron chi connectivity index (χ4n) is 3.92. The monoisotopic (exact) mass is 488 g/mol. The molecule has 0 saturated heterocycles. The quantitative estimate of drug-likeness (QED) is 0.270. The fraction of sp³-hybridized carbons (Fsp3) is 0.333. The van der Waals surface area contributed by atoms with Gasteiger partial charge in [-0.3, -0.25) is 4.79 Å². The molecular weight excluding hydrogens is 452 g/mol. The highest BCUT2D eigenvalue weighted by molar-refractivity contribution is 5.99.